The molecule has 0 bridgehead atoms. The van der Waals surface area contributed by atoms with Gasteiger partial charge in [0.15, 0.2) is 0 Å². The molecule has 24 heavy (non-hydrogen) atoms. The summed E-state index contributed by atoms with van der Waals surface area (Å²) in [6.45, 7) is 3.90. The van der Waals surface area contributed by atoms with Crippen LogP contribution in [-0.4, -0.2) is 35.3 Å². The smallest absolute Gasteiger partial charge is 0.234 e. The molecule has 1 heterocycles. The van der Waals surface area contributed by atoms with Crippen molar-refractivity contribution < 1.29 is 14.0 Å². The zero-order valence-corrected chi connectivity index (χ0v) is 14.9. The standard InChI is InChI=1S/C18H22N2O3S/c1-13-6-8-15(9-7-13)19-17(21)11-24-12-18(22)20(3)14(2)16-5-4-10-23-16/h4-10,14H,11-12H2,1-3H3,(H,19,21). The average molecular weight is 346 g/mol. The Morgan fingerprint density at radius 2 is 1.92 bits per heavy atom. The molecule has 1 atom stereocenters. The summed E-state index contributed by atoms with van der Waals surface area (Å²) in [4.78, 5) is 25.7. The second kappa shape index (κ2) is 8.59. The van der Waals surface area contributed by atoms with E-state index in [4.69, 9.17) is 4.42 Å². The number of furan rings is 1. The Balaban J connectivity index is 1.73. The Bertz CT molecular complexity index is 668. The number of thioether (sulfide) groups is 1. The number of nitrogens with zero attached hydrogens (tertiary/aromatic N) is 1. The molecule has 0 aliphatic rings. The van der Waals surface area contributed by atoms with Gasteiger partial charge in [-0.3, -0.25) is 9.59 Å². The summed E-state index contributed by atoms with van der Waals surface area (Å²) in [5.41, 5.74) is 1.91. The van der Waals surface area contributed by atoms with Crippen LogP contribution < -0.4 is 5.32 Å². The van der Waals surface area contributed by atoms with Crippen molar-refractivity contribution in [3.8, 4) is 0 Å². The van der Waals surface area contributed by atoms with Gasteiger partial charge in [0.1, 0.15) is 5.76 Å². The molecule has 2 aromatic rings. The number of rotatable bonds is 7. The van der Waals surface area contributed by atoms with Gasteiger partial charge in [-0.25, -0.2) is 0 Å². The molecule has 2 rings (SSSR count). The maximum absolute atomic E-state index is 12.2. The minimum absolute atomic E-state index is 0.0352. The van der Waals surface area contributed by atoms with Crippen LogP contribution in [0.2, 0.25) is 0 Å². The van der Waals surface area contributed by atoms with Crippen LogP contribution >= 0.6 is 11.8 Å². The van der Waals surface area contributed by atoms with E-state index in [9.17, 15) is 9.59 Å². The lowest BCUT2D eigenvalue weighted by Gasteiger charge is -2.23. The normalized spacial score (nSPS) is 11.8. The first-order chi connectivity index (χ1) is 11.5. The Hall–Kier alpha value is -2.21. The summed E-state index contributed by atoms with van der Waals surface area (Å²) >= 11 is 1.30. The molecule has 0 saturated heterocycles. The lowest BCUT2D eigenvalue weighted by Crippen LogP contribution is -2.31. The van der Waals surface area contributed by atoms with E-state index in [0.717, 1.165) is 17.0 Å². The summed E-state index contributed by atoms with van der Waals surface area (Å²) in [7, 11) is 1.74. The predicted octanol–water partition coefficient (Wildman–Crippen LogP) is 3.48. The Morgan fingerprint density at radius 1 is 1.21 bits per heavy atom. The van der Waals surface area contributed by atoms with Crippen molar-refractivity contribution in [3.63, 3.8) is 0 Å². The third-order valence-corrected chi connectivity index (χ3v) is 4.64. The molecule has 0 spiro atoms. The van der Waals surface area contributed by atoms with E-state index < -0.39 is 0 Å². The van der Waals surface area contributed by atoms with Crippen molar-refractivity contribution in [1.29, 1.82) is 0 Å². The number of carbonyl (C=O) groups is 2. The first-order valence-corrected chi connectivity index (χ1v) is 8.86. The van der Waals surface area contributed by atoms with E-state index in [-0.39, 0.29) is 29.4 Å². The molecule has 0 aliphatic heterocycles. The van der Waals surface area contributed by atoms with Crippen LogP contribution in [0, 0.1) is 6.92 Å². The van der Waals surface area contributed by atoms with E-state index in [1.807, 2.05) is 44.2 Å². The fourth-order valence-electron chi connectivity index (χ4n) is 2.10. The molecular weight excluding hydrogens is 324 g/mol. The zero-order valence-electron chi connectivity index (χ0n) is 14.1. The highest BCUT2D eigenvalue weighted by Crippen LogP contribution is 2.20. The van der Waals surface area contributed by atoms with Gasteiger partial charge in [0.05, 0.1) is 23.8 Å². The molecule has 1 N–H and O–H groups in total. The summed E-state index contributed by atoms with van der Waals surface area (Å²) in [6, 6.07) is 11.1. The third kappa shape index (κ3) is 5.16. The number of carbonyl (C=O) groups excluding carboxylic acids is 2. The zero-order chi connectivity index (χ0) is 17.5. The van der Waals surface area contributed by atoms with E-state index in [0.29, 0.717) is 0 Å². The lowest BCUT2D eigenvalue weighted by molar-refractivity contribution is -0.129. The number of nitrogens with one attached hydrogen (secondary N) is 1. The summed E-state index contributed by atoms with van der Waals surface area (Å²) in [5, 5.41) is 2.82. The van der Waals surface area contributed by atoms with Gasteiger partial charge in [0.2, 0.25) is 11.8 Å². The quantitative estimate of drug-likeness (QED) is 0.834. The number of aryl methyl sites for hydroxylation is 1. The molecule has 0 fully saturated rings. The molecule has 0 radical (unpaired) electrons. The second-order valence-corrected chi connectivity index (χ2v) is 6.59. The molecular formula is C18H22N2O3S. The van der Waals surface area contributed by atoms with Crippen molar-refractivity contribution in [1.82, 2.24) is 4.90 Å². The molecule has 2 amide bonds. The molecule has 128 valence electrons. The maximum Gasteiger partial charge on any atom is 0.234 e. The van der Waals surface area contributed by atoms with Crippen LogP contribution in [0.15, 0.2) is 47.1 Å². The van der Waals surface area contributed by atoms with Crippen LogP contribution in [-0.2, 0) is 9.59 Å². The van der Waals surface area contributed by atoms with E-state index >= 15 is 0 Å². The first kappa shape index (κ1) is 18.1. The van der Waals surface area contributed by atoms with Gasteiger partial charge in [0.25, 0.3) is 0 Å². The van der Waals surface area contributed by atoms with E-state index in [1.54, 1.807) is 24.3 Å². The predicted molar refractivity (Wildman–Crippen MR) is 97.0 cm³/mol. The molecule has 6 heteroatoms. The van der Waals surface area contributed by atoms with Crippen molar-refractivity contribution >= 4 is 29.3 Å². The fourth-order valence-corrected chi connectivity index (χ4v) is 2.84. The van der Waals surface area contributed by atoms with Crippen LogP contribution in [0.3, 0.4) is 0 Å². The number of amides is 2. The topological polar surface area (TPSA) is 62.6 Å². The van der Waals surface area contributed by atoms with E-state index in [1.165, 1.54) is 11.8 Å². The molecule has 0 aliphatic carbocycles. The van der Waals surface area contributed by atoms with Gasteiger partial charge in [-0.05, 0) is 38.1 Å². The Morgan fingerprint density at radius 3 is 2.54 bits per heavy atom. The minimum Gasteiger partial charge on any atom is -0.467 e. The van der Waals surface area contributed by atoms with Crippen molar-refractivity contribution in [2.75, 3.05) is 23.9 Å². The summed E-state index contributed by atoms with van der Waals surface area (Å²) in [6.07, 6.45) is 1.59. The van der Waals surface area contributed by atoms with Gasteiger partial charge in [-0.2, -0.15) is 0 Å². The molecule has 1 aromatic carbocycles. The Kier molecular flexibility index (Phi) is 6.49. The number of benzene rings is 1. The Labute approximate surface area is 146 Å². The fraction of sp³-hybridized carbons (Fsp3) is 0.333. The van der Waals surface area contributed by atoms with Crippen molar-refractivity contribution in [3.05, 3.63) is 54.0 Å². The van der Waals surface area contributed by atoms with Crippen LogP contribution in [0.25, 0.3) is 0 Å². The van der Waals surface area contributed by atoms with Crippen LogP contribution in [0.4, 0.5) is 5.69 Å². The molecule has 0 saturated carbocycles. The van der Waals surface area contributed by atoms with Crippen molar-refractivity contribution in [2.45, 2.75) is 19.9 Å². The highest BCUT2D eigenvalue weighted by atomic mass is 32.2. The van der Waals surface area contributed by atoms with Gasteiger partial charge < -0.3 is 14.6 Å². The molecule has 1 unspecified atom stereocenters. The van der Waals surface area contributed by atoms with E-state index in [2.05, 4.69) is 5.32 Å². The van der Waals surface area contributed by atoms with Gasteiger partial charge in [0, 0.05) is 12.7 Å². The largest absolute Gasteiger partial charge is 0.467 e. The van der Waals surface area contributed by atoms with Gasteiger partial charge in [-0.1, -0.05) is 17.7 Å². The first-order valence-electron chi connectivity index (χ1n) is 7.70. The second-order valence-electron chi connectivity index (χ2n) is 5.60. The molecule has 1 aromatic heterocycles. The monoisotopic (exact) mass is 346 g/mol. The minimum atomic E-state index is -0.130. The SMILES string of the molecule is Cc1ccc(NC(=O)CSCC(=O)N(C)C(C)c2ccco2)cc1. The van der Waals surface area contributed by atoms with Crippen molar-refractivity contribution in [2.24, 2.45) is 0 Å². The number of anilines is 1. The highest BCUT2D eigenvalue weighted by Gasteiger charge is 2.19. The summed E-state index contributed by atoms with van der Waals surface area (Å²) < 4.78 is 5.32. The third-order valence-electron chi connectivity index (χ3n) is 3.72. The van der Waals surface area contributed by atoms with Crippen LogP contribution in [0.5, 0.6) is 0 Å². The maximum atomic E-state index is 12.2. The van der Waals surface area contributed by atoms with Gasteiger partial charge in [-0.15, -0.1) is 11.8 Å². The average Bonchev–Trinajstić information content (AvgIpc) is 3.10. The number of hydrogen-bond donors (Lipinski definition) is 1. The number of hydrogen-bond acceptors (Lipinski definition) is 4. The summed E-state index contributed by atoms with van der Waals surface area (Å²) in [5.74, 6) is 1.09. The lowest BCUT2D eigenvalue weighted by atomic mass is 10.2. The van der Waals surface area contributed by atoms with Gasteiger partial charge >= 0.3 is 0 Å². The highest BCUT2D eigenvalue weighted by molar-refractivity contribution is 8.00. The molecule has 5 nitrogen and oxygen atoms in total. The van der Waals surface area contributed by atoms with Crippen LogP contribution in [0.1, 0.15) is 24.3 Å².